The Labute approximate surface area is 238 Å². The summed E-state index contributed by atoms with van der Waals surface area (Å²) >= 11 is 5.96. The molecule has 1 atom stereocenters. The standard InChI is InChI=1S/C27H21ClF9N3O2/c28-18-6-7-21(38-12-18)24(11-16-4-2-1-3-5-16,39-22(41)13-40-14-25(32,33)26(34,35)15-40)17-8-19(29)10-20(9-17)42-27(36,37)23(30)31/h1-10,12,23H,11,13-15H2,(H,39,41)/t24-/m0/s1. The minimum atomic E-state index is -5.01. The molecule has 0 bridgehead atoms. The summed E-state index contributed by atoms with van der Waals surface area (Å²) < 4.78 is 127. The van der Waals surface area contributed by atoms with Gasteiger partial charge in [0.25, 0.3) is 0 Å². The van der Waals surface area contributed by atoms with Crippen LogP contribution in [-0.4, -0.2) is 59.8 Å². The smallest absolute Gasteiger partial charge is 0.428 e. The Kier molecular flexibility index (Phi) is 8.70. The molecule has 1 aromatic heterocycles. The number of aromatic nitrogens is 1. The minimum absolute atomic E-state index is 0.0710. The van der Waals surface area contributed by atoms with E-state index in [1.54, 1.807) is 30.3 Å². The largest absolute Gasteiger partial charge is 0.461 e. The van der Waals surface area contributed by atoms with Gasteiger partial charge in [-0.3, -0.25) is 14.7 Å². The van der Waals surface area contributed by atoms with Gasteiger partial charge >= 0.3 is 24.4 Å². The number of hydrogen-bond donors (Lipinski definition) is 1. The molecule has 0 aliphatic carbocycles. The van der Waals surface area contributed by atoms with Crippen molar-refractivity contribution in [3.63, 3.8) is 0 Å². The number of nitrogens with zero attached hydrogens (tertiary/aromatic N) is 2. The van der Waals surface area contributed by atoms with Gasteiger partial charge < -0.3 is 10.1 Å². The molecule has 0 unspecified atom stereocenters. The number of alkyl halides is 8. The van der Waals surface area contributed by atoms with E-state index >= 15 is 0 Å². The zero-order valence-electron chi connectivity index (χ0n) is 21.2. The van der Waals surface area contributed by atoms with Crippen LogP contribution in [0.25, 0.3) is 0 Å². The van der Waals surface area contributed by atoms with Crippen molar-refractivity contribution in [2.45, 2.75) is 36.3 Å². The summed E-state index contributed by atoms with van der Waals surface area (Å²) in [6.45, 7) is -3.82. The van der Waals surface area contributed by atoms with Gasteiger partial charge in [0.1, 0.15) is 17.1 Å². The highest BCUT2D eigenvalue weighted by atomic mass is 35.5. The molecule has 2 aromatic carbocycles. The monoisotopic (exact) mass is 625 g/mol. The SMILES string of the molecule is O=C(CN1CC(F)(F)C(F)(F)C1)N[C@@](Cc1ccccc1)(c1cc(F)cc(OC(F)(F)C(F)F)c1)c1ccc(Cl)cn1. The molecule has 0 radical (unpaired) electrons. The van der Waals surface area contributed by atoms with E-state index in [0.29, 0.717) is 16.5 Å². The van der Waals surface area contributed by atoms with Crippen molar-refractivity contribution >= 4 is 17.5 Å². The predicted molar refractivity (Wildman–Crippen MR) is 133 cm³/mol. The second kappa shape index (κ2) is 11.6. The van der Waals surface area contributed by atoms with Crippen molar-refractivity contribution in [3.05, 3.63) is 94.5 Å². The summed E-state index contributed by atoms with van der Waals surface area (Å²) in [6, 6.07) is 12.6. The van der Waals surface area contributed by atoms with Crippen LogP contribution in [0.15, 0.2) is 66.9 Å². The first-order chi connectivity index (χ1) is 19.5. The topological polar surface area (TPSA) is 54.5 Å². The number of ether oxygens (including phenoxy) is 1. The van der Waals surface area contributed by atoms with Crippen LogP contribution in [0.5, 0.6) is 5.75 Å². The van der Waals surface area contributed by atoms with Crippen LogP contribution in [0.2, 0.25) is 5.02 Å². The van der Waals surface area contributed by atoms with Gasteiger partial charge in [0, 0.05) is 18.7 Å². The molecule has 2 heterocycles. The second-order valence-electron chi connectivity index (χ2n) is 9.67. The van der Waals surface area contributed by atoms with Crippen molar-refractivity contribution in [2.24, 2.45) is 0 Å². The summed E-state index contributed by atoms with van der Waals surface area (Å²) in [5, 5.41) is 2.64. The lowest BCUT2D eigenvalue weighted by Gasteiger charge is -2.36. The number of hydrogen-bond acceptors (Lipinski definition) is 4. The van der Waals surface area contributed by atoms with E-state index in [-0.39, 0.29) is 22.7 Å². The van der Waals surface area contributed by atoms with E-state index in [9.17, 15) is 44.3 Å². The van der Waals surface area contributed by atoms with Crippen LogP contribution in [0.4, 0.5) is 39.5 Å². The summed E-state index contributed by atoms with van der Waals surface area (Å²) in [7, 11) is 0. The van der Waals surface area contributed by atoms with E-state index in [4.69, 9.17) is 11.6 Å². The van der Waals surface area contributed by atoms with Gasteiger partial charge in [-0.25, -0.2) is 4.39 Å². The number of halogens is 10. The lowest BCUT2D eigenvalue weighted by atomic mass is 9.80. The van der Waals surface area contributed by atoms with Crippen molar-refractivity contribution in [1.29, 1.82) is 0 Å². The minimum Gasteiger partial charge on any atom is -0.428 e. The van der Waals surface area contributed by atoms with Crippen LogP contribution in [0.3, 0.4) is 0 Å². The van der Waals surface area contributed by atoms with E-state index in [2.05, 4.69) is 15.0 Å². The van der Waals surface area contributed by atoms with Gasteiger partial charge in [0.05, 0.1) is 30.4 Å². The molecule has 1 N–H and O–H groups in total. The lowest BCUT2D eigenvalue weighted by Crippen LogP contribution is -2.52. The molecule has 0 saturated carbocycles. The molecule has 5 nitrogen and oxygen atoms in total. The number of rotatable bonds is 10. The van der Waals surface area contributed by atoms with Gasteiger partial charge in [0.2, 0.25) is 5.91 Å². The predicted octanol–water partition coefficient (Wildman–Crippen LogP) is 6.30. The van der Waals surface area contributed by atoms with E-state index in [1.807, 2.05) is 0 Å². The van der Waals surface area contributed by atoms with Crippen LogP contribution >= 0.6 is 11.6 Å². The van der Waals surface area contributed by atoms with Gasteiger partial charge in [-0.05, 0) is 35.4 Å². The Morgan fingerprint density at radius 1 is 1.02 bits per heavy atom. The Hall–Kier alpha value is -3.52. The summed E-state index contributed by atoms with van der Waals surface area (Å²) in [4.78, 5) is 18.0. The Morgan fingerprint density at radius 2 is 1.67 bits per heavy atom. The molecule has 1 aliphatic rings. The molecule has 0 spiro atoms. The van der Waals surface area contributed by atoms with Crippen LogP contribution in [0, 0.1) is 5.82 Å². The molecule has 1 saturated heterocycles. The fraction of sp³-hybridized carbons (Fsp3) is 0.333. The highest BCUT2D eigenvalue weighted by Gasteiger charge is 2.63. The van der Waals surface area contributed by atoms with Crippen LogP contribution < -0.4 is 10.1 Å². The summed E-state index contributed by atoms with van der Waals surface area (Å²) in [5.74, 6) is -12.2. The van der Waals surface area contributed by atoms with Gasteiger partial charge in [0.15, 0.2) is 0 Å². The molecular weight excluding hydrogens is 605 g/mol. The second-order valence-corrected chi connectivity index (χ2v) is 10.1. The molecule has 226 valence electrons. The molecule has 42 heavy (non-hydrogen) atoms. The van der Waals surface area contributed by atoms with E-state index in [1.165, 1.54) is 12.1 Å². The molecule has 1 fully saturated rings. The van der Waals surface area contributed by atoms with Crippen LogP contribution in [-0.2, 0) is 16.8 Å². The average Bonchev–Trinajstić information content (AvgIpc) is 3.08. The van der Waals surface area contributed by atoms with Gasteiger partial charge in [-0.1, -0.05) is 41.9 Å². The zero-order chi connectivity index (χ0) is 30.9. The molecule has 1 aliphatic heterocycles. The zero-order valence-corrected chi connectivity index (χ0v) is 22.0. The van der Waals surface area contributed by atoms with E-state index < -0.39 is 67.0 Å². The molecule has 4 rings (SSSR count). The number of nitrogens with one attached hydrogen (secondary N) is 1. The van der Waals surface area contributed by atoms with Crippen molar-refractivity contribution in [3.8, 4) is 5.75 Å². The van der Waals surface area contributed by atoms with Crippen molar-refractivity contribution in [1.82, 2.24) is 15.2 Å². The third-order valence-electron chi connectivity index (χ3n) is 6.45. The summed E-state index contributed by atoms with van der Waals surface area (Å²) in [5.41, 5.74) is -1.95. The Balaban J connectivity index is 1.83. The fourth-order valence-electron chi connectivity index (χ4n) is 4.56. The first-order valence-corrected chi connectivity index (χ1v) is 12.5. The lowest BCUT2D eigenvalue weighted by molar-refractivity contribution is -0.253. The first-order valence-electron chi connectivity index (χ1n) is 12.1. The quantitative estimate of drug-likeness (QED) is 0.269. The molecule has 1 amide bonds. The molecule has 3 aromatic rings. The number of benzene rings is 2. The molecular formula is C27H21ClF9N3O2. The van der Waals surface area contributed by atoms with Gasteiger partial charge in [-0.15, -0.1) is 0 Å². The Bertz CT molecular complexity index is 1400. The maximum Gasteiger partial charge on any atom is 0.461 e. The number of pyridine rings is 1. The maximum absolute atomic E-state index is 14.8. The molecule has 15 heteroatoms. The summed E-state index contributed by atoms with van der Waals surface area (Å²) in [6.07, 6.45) is -8.42. The first kappa shape index (κ1) is 31.4. The highest BCUT2D eigenvalue weighted by molar-refractivity contribution is 6.30. The number of amides is 1. The van der Waals surface area contributed by atoms with Crippen LogP contribution in [0.1, 0.15) is 16.8 Å². The normalized spacial score (nSPS) is 18.1. The average molecular weight is 626 g/mol. The third-order valence-corrected chi connectivity index (χ3v) is 6.67. The van der Waals surface area contributed by atoms with Gasteiger partial charge in [-0.2, -0.15) is 35.1 Å². The Morgan fingerprint density at radius 3 is 2.24 bits per heavy atom. The maximum atomic E-state index is 14.8. The highest BCUT2D eigenvalue weighted by Crippen LogP contribution is 2.41. The van der Waals surface area contributed by atoms with Crippen molar-refractivity contribution < 1.29 is 49.0 Å². The van der Waals surface area contributed by atoms with Crippen molar-refractivity contribution in [2.75, 3.05) is 19.6 Å². The van der Waals surface area contributed by atoms with E-state index in [0.717, 1.165) is 18.3 Å². The number of carbonyl (C=O) groups excluding carboxylic acids is 1. The number of carbonyl (C=O) groups is 1. The third kappa shape index (κ3) is 6.75. The number of likely N-dealkylation sites (tertiary alicyclic amines) is 1. The fourth-order valence-corrected chi connectivity index (χ4v) is 4.67.